The number of thioether (sulfide) groups is 1. The van der Waals surface area contributed by atoms with E-state index in [0.29, 0.717) is 6.10 Å². The number of hydrogen-bond donors (Lipinski definition) is 1. The Labute approximate surface area is 72.3 Å². The molecule has 1 rings (SSSR count). The van der Waals surface area contributed by atoms with E-state index in [9.17, 15) is 0 Å². The predicted molar refractivity (Wildman–Crippen MR) is 48.0 cm³/mol. The van der Waals surface area contributed by atoms with Crippen LogP contribution in [0.4, 0.5) is 0 Å². The molecular weight excluding hydrogens is 160 g/mol. The molecule has 0 aromatic carbocycles. The molecule has 0 atom stereocenters. The Hall–Kier alpha value is 0.270. The van der Waals surface area contributed by atoms with Crippen LogP contribution in [-0.4, -0.2) is 35.9 Å². The zero-order valence-electron chi connectivity index (χ0n) is 6.79. The Balaban J connectivity index is 1.96. The maximum atomic E-state index is 8.51. The monoisotopic (exact) mass is 176 g/mol. The van der Waals surface area contributed by atoms with Crippen molar-refractivity contribution in [1.82, 2.24) is 0 Å². The van der Waals surface area contributed by atoms with E-state index in [-0.39, 0.29) is 6.61 Å². The van der Waals surface area contributed by atoms with Crippen LogP contribution in [0, 0.1) is 0 Å². The summed E-state index contributed by atoms with van der Waals surface area (Å²) in [5.74, 6) is 2.48. The van der Waals surface area contributed by atoms with Crippen molar-refractivity contribution in [3.63, 3.8) is 0 Å². The molecule has 0 spiro atoms. The fraction of sp³-hybridized carbons (Fsp3) is 1.00. The molecular formula is C8H16O2S. The van der Waals surface area contributed by atoms with Gasteiger partial charge < -0.3 is 9.84 Å². The number of aliphatic hydroxyl groups excluding tert-OH is 1. The predicted octanol–water partition coefficient (Wildman–Crippen LogP) is 1.28. The Bertz CT molecular complexity index is 92.1. The molecule has 0 radical (unpaired) electrons. The molecule has 1 N–H and O–H groups in total. The number of rotatable bonds is 4. The minimum Gasteiger partial charge on any atom is -0.396 e. The molecule has 0 aliphatic carbocycles. The van der Waals surface area contributed by atoms with Crippen LogP contribution >= 0.6 is 11.8 Å². The first kappa shape index (κ1) is 9.36. The minimum atomic E-state index is 0.251. The van der Waals surface area contributed by atoms with Gasteiger partial charge in [0.05, 0.1) is 6.10 Å². The second-order valence-corrected chi connectivity index (χ2v) is 3.98. The van der Waals surface area contributed by atoms with E-state index in [1.165, 1.54) is 24.3 Å². The highest BCUT2D eigenvalue weighted by Crippen LogP contribution is 2.19. The smallest absolute Gasteiger partial charge is 0.0590 e. The summed E-state index contributed by atoms with van der Waals surface area (Å²) in [7, 11) is 0. The Kier molecular flexibility index (Phi) is 4.99. The molecule has 0 aromatic heterocycles. The normalized spacial score (nSPS) is 20.5. The fourth-order valence-corrected chi connectivity index (χ4v) is 2.22. The highest BCUT2D eigenvalue weighted by Gasteiger charge is 2.12. The van der Waals surface area contributed by atoms with Gasteiger partial charge in [0.25, 0.3) is 0 Å². The average molecular weight is 176 g/mol. The fourth-order valence-electron chi connectivity index (χ4n) is 1.16. The topological polar surface area (TPSA) is 29.5 Å². The molecule has 0 bridgehead atoms. The lowest BCUT2D eigenvalue weighted by Gasteiger charge is -2.21. The van der Waals surface area contributed by atoms with Crippen LogP contribution < -0.4 is 0 Å². The van der Waals surface area contributed by atoms with Gasteiger partial charge >= 0.3 is 0 Å². The molecule has 0 amide bonds. The molecule has 1 aliphatic heterocycles. The molecule has 66 valence electrons. The Morgan fingerprint density at radius 1 is 1.36 bits per heavy atom. The van der Waals surface area contributed by atoms with Crippen LogP contribution in [0.25, 0.3) is 0 Å². The molecule has 1 aliphatic rings. The zero-order chi connectivity index (χ0) is 7.94. The molecule has 1 heterocycles. The van der Waals surface area contributed by atoms with Crippen molar-refractivity contribution >= 4 is 11.8 Å². The molecule has 0 saturated carbocycles. The van der Waals surface area contributed by atoms with E-state index < -0.39 is 0 Å². The summed E-state index contributed by atoms with van der Waals surface area (Å²) in [5.41, 5.74) is 0. The Morgan fingerprint density at radius 3 is 2.73 bits per heavy atom. The van der Waals surface area contributed by atoms with Crippen molar-refractivity contribution in [2.24, 2.45) is 0 Å². The van der Waals surface area contributed by atoms with Gasteiger partial charge in [-0.1, -0.05) is 0 Å². The third-order valence-corrected chi connectivity index (χ3v) is 2.87. The third-order valence-electron chi connectivity index (χ3n) is 1.82. The van der Waals surface area contributed by atoms with E-state index >= 15 is 0 Å². The van der Waals surface area contributed by atoms with Gasteiger partial charge in [-0.25, -0.2) is 0 Å². The van der Waals surface area contributed by atoms with E-state index in [4.69, 9.17) is 9.84 Å². The summed E-state index contributed by atoms with van der Waals surface area (Å²) < 4.78 is 5.55. The van der Waals surface area contributed by atoms with Crippen LogP contribution in [0.15, 0.2) is 0 Å². The first-order chi connectivity index (χ1) is 5.43. The van der Waals surface area contributed by atoms with Crippen LogP contribution in [-0.2, 0) is 4.74 Å². The highest BCUT2D eigenvalue weighted by atomic mass is 32.2. The summed E-state index contributed by atoms with van der Waals surface area (Å²) in [6, 6.07) is 0. The van der Waals surface area contributed by atoms with Gasteiger partial charge in [0.15, 0.2) is 0 Å². The van der Waals surface area contributed by atoms with E-state index in [0.717, 1.165) is 13.0 Å². The SMILES string of the molecule is OCCCOC1CCSCC1. The maximum Gasteiger partial charge on any atom is 0.0590 e. The van der Waals surface area contributed by atoms with Crippen molar-refractivity contribution < 1.29 is 9.84 Å². The summed E-state index contributed by atoms with van der Waals surface area (Å²) in [6.07, 6.45) is 3.64. The molecule has 1 fully saturated rings. The summed E-state index contributed by atoms with van der Waals surface area (Å²) >= 11 is 2.01. The second kappa shape index (κ2) is 5.86. The quantitative estimate of drug-likeness (QED) is 0.654. The van der Waals surface area contributed by atoms with Crippen molar-refractivity contribution in [2.75, 3.05) is 24.7 Å². The molecule has 2 nitrogen and oxygen atoms in total. The number of hydrogen-bond acceptors (Lipinski definition) is 3. The number of ether oxygens (including phenoxy) is 1. The van der Waals surface area contributed by atoms with E-state index in [2.05, 4.69) is 0 Å². The van der Waals surface area contributed by atoms with E-state index in [1.54, 1.807) is 0 Å². The number of aliphatic hydroxyl groups is 1. The van der Waals surface area contributed by atoms with Gasteiger partial charge in [-0.15, -0.1) is 0 Å². The van der Waals surface area contributed by atoms with Gasteiger partial charge in [0.2, 0.25) is 0 Å². The molecule has 0 unspecified atom stereocenters. The van der Waals surface area contributed by atoms with Crippen LogP contribution in [0.3, 0.4) is 0 Å². The van der Waals surface area contributed by atoms with Crippen molar-refractivity contribution in [3.8, 4) is 0 Å². The third kappa shape index (κ3) is 3.99. The molecule has 0 aromatic rings. The molecule has 3 heteroatoms. The van der Waals surface area contributed by atoms with Crippen LogP contribution in [0.2, 0.25) is 0 Å². The average Bonchev–Trinajstić information content (AvgIpc) is 2.07. The van der Waals surface area contributed by atoms with Gasteiger partial charge in [-0.05, 0) is 30.8 Å². The first-order valence-electron chi connectivity index (χ1n) is 4.23. The summed E-state index contributed by atoms with van der Waals surface area (Å²) in [5, 5.41) is 8.51. The Morgan fingerprint density at radius 2 is 2.09 bits per heavy atom. The maximum absolute atomic E-state index is 8.51. The van der Waals surface area contributed by atoms with E-state index in [1.807, 2.05) is 11.8 Å². The van der Waals surface area contributed by atoms with Gasteiger partial charge in [0.1, 0.15) is 0 Å². The first-order valence-corrected chi connectivity index (χ1v) is 5.39. The lowest BCUT2D eigenvalue weighted by atomic mass is 10.2. The van der Waals surface area contributed by atoms with Crippen LogP contribution in [0.5, 0.6) is 0 Å². The van der Waals surface area contributed by atoms with Crippen molar-refractivity contribution in [1.29, 1.82) is 0 Å². The molecule has 1 saturated heterocycles. The van der Waals surface area contributed by atoms with Gasteiger partial charge in [-0.3, -0.25) is 0 Å². The lowest BCUT2D eigenvalue weighted by Crippen LogP contribution is -2.19. The lowest BCUT2D eigenvalue weighted by molar-refractivity contribution is 0.0394. The van der Waals surface area contributed by atoms with Gasteiger partial charge in [0, 0.05) is 13.2 Å². The largest absolute Gasteiger partial charge is 0.396 e. The zero-order valence-corrected chi connectivity index (χ0v) is 7.61. The van der Waals surface area contributed by atoms with Crippen LogP contribution in [0.1, 0.15) is 19.3 Å². The molecule has 11 heavy (non-hydrogen) atoms. The minimum absolute atomic E-state index is 0.251. The highest BCUT2D eigenvalue weighted by molar-refractivity contribution is 7.99. The summed E-state index contributed by atoms with van der Waals surface area (Å²) in [6.45, 7) is 0.979. The van der Waals surface area contributed by atoms with Gasteiger partial charge in [-0.2, -0.15) is 11.8 Å². The van der Waals surface area contributed by atoms with Crippen molar-refractivity contribution in [3.05, 3.63) is 0 Å². The standard InChI is InChI=1S/C8H16O2S/c9-4-1-5-10-8-2-6-11-7-3-8/h8-9H,1-7H2. The summed E-state index contributed by atoms with van der Waals surface area (Å²) in [4.78, 5) is 0. The van der Waals surface area contributed by atoms with Crippen molar-refractivity contribution in [2.45, 2.75) is 25.4 Å². The second-order valence-electron chi connectivity index (χ2n) is 2.76.